The molecular weight excluding hydrogens is 459 g/mol. The van der Waals surface area contributed by atoms with Crippen LogP contribution in [0.1, 0.15) is 13.3 Å². The van der Waals surface area contributed by atoms with E-state index in [0.29, 0.717) is 0 Å². The van der Waals surface area contributed by atoms with Crippen LogP contribution in [0, 0.1) is 0 Å². The van der Waals surface area contributed by atoms with Crippen molar-refractivity contribution in [3.05, 3.63) is 12.2 Å². The number of hydrogen-bond donors (Lipinski definition) is 0. The Morgan fingerprint density at radius 1 is 0.867 bits per heavy atom. The fourth-order valence-electron chi connectivity index (χ4n) is 2.86. The van der Waals surface area contributed by atoms with Gasteiger partial charge < -0.3 is 4.74 Å². The van der Waals surface area contributed by atoms with Gasteiger partial charge in [-0.05, 0) is 6.92 Å². The normalized spacial score (nSPS) is 35.7. The number of halogens is 13. The first-order valence-corrected chi connectivity index (χ1v) is 7.76. The number of alkyl halides is 13. The summed E-state index contributed by atoms with van der Waals surface area (Å²) in [4.78, 5) is 11.2. The molecule has 0 heterocycles. The van der Waals surface area contributed by atoms with Crippen molar-refractivity contribution in [1.82, 2.24) is 0 Å². The minimum atomic E-state index is -7.29. The zero-order valence-corrected chi connectivity index (χ0v) is 14.7. The standard InChI is InChI=1S/C15H13F13O2/c1-6(2)8(29)30-5-10(20)13(23,24)11(21,7(17)3-4-16)15(27,28)12(22,9(18)19)14(10,25)26/h7,9H,1,3-5H2,2H3. The summed E-state index contributed by atoms with van der Waals surface area (Å²) in [5.41, 5.74) is -21.0. The van der Waals surface area contributed by atoms with Gasteiger partial charge in [0.15, 0.2) is 0 Å². The Morgan fingerprint density at radius 3 is 1.67 bits per heavy atom. The summed E-state index contributed by atoms with van der Waals surface area (Å²) in [6.45, 7) is -1.81. The van der Waals surface area contributed by atoms with E-state index in [1.165, 1.54) is 0 Å². The molecule has 0 aromatic rings. The molecule has 2 nitrogen and oxygen atoms in total. The third-order valence-corrected chi connectivity index (χ3v) is 4.67. The van der Waals surface area contributed by atoms with E-state index in [1.807, 2.05) is 0 Å². The van der Waals surface area contributed by atoms with Crippen molar-refractivity contribution < 1.29 is 66.6 Å². The predicted octanol–water partition coefficient (Wildman–Crippen LogP) is 5.11. The maximum absolute atomic E-state index is 14.8. The Labute approximate surface area is 160 Å². The van der Waals surface area contributed by atoms with Gasteiger partial charge in [0.2, 0.25) is 0 Å². The Hall–Kier alpha value is -1.70. The lowest BCUT2D eigenvalue weighted by molar-refractivity contribution is -0.458. The molecule has 176 valence electrons. The van der Waals surface area contributed by atoms with Crippen molar-refractivity contribution in [3.63, 3.8) is 0 Å². The fourth-order valence-corrected chi connectivity index (χ4v) is 2.86. The van der Waals surface area contributed by atoms with Gasteiger partial charge in [0.25, 0.3) is 17.8 Å². The van der Waals surface area contributed by atoms with Gasteiger partial charge in [-0.15, -0.1) is 0 Å². The molecule has 1 rings (SSSR count). The van der Waals surface area contributed by atoms with Gasteiger partial charge in [-0.2, -0.15) is 26.3 Å². The highest BCUT2D eigenvalue weighted by atomic mass is 19.3. The zero-order valence-electron chi connectivity index (χ0n) is 14.7. The minimum absolute atomic E-state index is 0.745. The monoisotopic (exact) mass is 472 g/mol. The largest absolute Gasteiger partial charge is 0.458 e. The average molecular weight is 472 g/mol. The van der Waals surface area contributed by atoms with Crippen LogP contribution in [0.15, 0.2) is 12.2 Å². The summed E-state index contributed by atoms with van der Waals surface area (Å²) in [6, 6.07) is 0. The summed E-state index contributed by atoms with van der Waals surface area (Å²) in [6.07, 6.45) is -12.7. The van der Waals surface area contributed by atoms with E-state index < -0.39 is 78.6 Å². The first-order valence-electron chi connectivity index (χ1n) is 7.76. The first kappa shape index (κ1) is 26.3. The van der Waals surface area contributed by atoms with Crippen LogP contribution in [0.3, 0.4) is 0 Å². The molecule has 1 fully saturated rings. The molecular formula is C15H13F13O2. The molecule has 0 aromatic carbocycles. The van der Waals surface area contributed by atoms with Crippen molar-refractivity contribution >= 4 is 5.97 Å². The molecule has 1 saturated carbocycles. The summed E-state index contributed by atoms with van der Waals surface area (Å²) in [5.74, 6) is -23.4. The summed E-state index contributed by atoms with van der Waals surface area (Å²) >= 11 is 0. The molecule has 0 N–H and O–H groups in total. The van der Waals surface area contributed by atoms with E-state index in [1.54, 1.807) is 0 Å². The van der Waals surface area contributed by atoms with Crippen LogP contribution in [-0.4, -0.2) is 66.6 Å². The number of ether oxygens (including phenoxy) is 1. The highest BCUT2D eigenvalue weighted by Crippen LogP contribution is 2.71. The Bertz CT molecular complexity index is 696. The van der Waals surface area contributed by atoms with Crippen molar-refractivity contribution in [2.45, 2.75) is 60.7 Å². The van der Waals surface area contributed by atoms with Crippen LogP contribution in [0.25, 0.3) is 0 Å². The van der Waals surface area contributed by atoms with Gasteiger partial charge in [0.1, 0.15) is 12.8 Å². The minimum Gasteiger partial charge on any atom is -0.458 e. The van der Waals surface area contributed by atoms with Crippen LogP contribution in [0.2, 0.25) is 0 Å². The molecule has 30 heavy (non-hydrogen) atoms. The molecule has 0 bridgehead atoms. The smallest absolute Gasteiger partial charge is 0.336 e. The van der Waals surface area contributed by atoms with E-state index in [4.69, 9.17) is 0 Å². The van der Waals surface area contributed by atoms with Crippen molar-refractivity contribution in [3.8, 4) is 0 Å². The van der Waals surface area contributed by atoms with E-state index in [9.17, 15) is 61.9 Å². The van der Waals surface area contributed by atoms with Gasteiger partial charge in [-0.1, -0.05) is 6.58 Å². The quantitative estimate of drug-likeness (QED) is 0.293. The van der Waals surface area contributed by atoms with E-state index in [-0.39, 0.29) is 0 Å². The SMILES string of the molecule is C=C(C)C(=O)OCC1(F)C(F)(F)C(F)(C(F)F)C(F)(F)C(F)(C(F)CCF)C1(F)F. The van der Waals surface area contributed by atoms with Crippen molar-refractivity contribution in [1.29, 1.82) is 0 Å². The number of carbonyl (C=O) groups excluding carboxylic acids is 1. The Kier molecular flexibility index (Phi) is 6.55. The third-order valence-electron chi connectivity index (χ3n) is 4.67. The van der Waals surface area contributed by atoms with Crippen molar-refractivity contribution in [2.24, 2.45) is 0 Å². The van der Waals surface area contributed by atoms with Gasteiger partial charge >= 0.3 is 29.4 Å². The molecule has 0 aliphatic heterocycles. The molecule has 0 radical (unpaired) electrons. The Morgan fingerprint density at radius 2 is 1.30 bits per heavy atom. The third kappa shape index (κ3) is 2.82. The Balaban J connectivity index is 3.93. The summed E-state index contributed by atoms with van der Waals surface area (Å²) in [5, 5.41) is 0. The van der Waals surface area contributed by atoms with Crippen LogP contribution < -0.4 is 0 Å². The van der Waals surface area contributed by atoms with Crippen LogP contribution in [0.5, 0.6) is 0 Å². The number of hydrogen-bond acceptors (Lipinski definition) is 2. The second-order valence-electron chi connectivity index (χ2n) is 6.55. The fraction of sp³-hybridized carbons (Fsp3) is 0.800. The van der Waals surface area contributed by atoms with Crippen molar-refractivity contribution in [2.75, 3.05) is 13.3 Å². The number of esters is 1. The van der Waals surface area contributed by atoms with E-state index in [0.717, 1.165) is 6.92 Å². The zero-order chi connectivity index (χ0) is 24.1. The maximum Gasteiger partial charge on any atom is 0.336 e. The maximum atomic E-state index is 14.8. The van der Waals surface area contributed by atoms with Crippen LogP contribution >= 0.6 is 0 Å². The summed E-state index contributed by atoms with van der Waals surface area (Å²) in [7, 11) is 0. The first-order chi connectivity index (χ1) is 13.3. The molecule has 0 amide bonds. The van der Waals surface area contributed by atoms with E-state index >= 15 is 0 Å². The highest BCUT2D eigenvalue weighted by molar-refractivity contribution is 5.87. The molecule has 15 heteroatoms. The topological polar surface area (TPSA) is 26.3 Å². The lowest BCUT2D eigenvalue weighted by Gasteiger charge is -2.58. The molecule has 0 saturated heterocycles. The highest BCUT2D eigenvalue weighted by Gasteiger charge is 3.01. The van der Waals surface area contributed by atoms with Gasteiger partial charge in [-0.3, -0.25) is 4.39 Å². The molecule has 4 atom stereocenters. The summed E-state index contributed by atoms with van der Waals surface area (Å²) < 4.78 is 185. The second kappa shape index (κ2) is 7.46. The van der Waals surface area contributed by atoms with Crippen LogP contribution in [0.4, 0.5) is 57.1 Å². The van der Waals surface area contributed by atoms with Gasteiger partial charge in [0.05, 0.1) is 6.67 Å². The number of carbonyl (C=O) groups is 1. The van der Waals surface area contributed by atoms with Crippen LogP contribution in [-0.2, 0) is 9.53 Å². The lowest BCUT2D eigenvalue weighted by Crippen LogP contribution is -2.89. The average Bonchev–Trinajstić information content (AvgIpc) is 2.62. The molecule has 1 aliphatic rings. The predicted molar refractivity (Wildman–Crippen MR) is 73.6 cm³/mol. The van der Waals surface area contributed by atoms with Gasteiger partial charge in [0, 0.05) is 12.0 Å². The number of rotatable bonds is 7. The van der Waals surface area contributed by atoms with Gasteiger partial charge in [-0.25, -0.2) is 31.1 Å². The molecule has 0 aromatic heterocycles. The molecule has 1 aliphatic carbocycles. The second-order valence-corrected chi connectivity index (χ2v) is 6.55. The molecule has 0 spiro atoms. The van der Waals surface area contributed by atoms with E-state index in [2.05, 4.69) is 11.3 Å². The lowest BCUT2D eigenvalue weighted by atomic mass is 9.60. The molecule has 4 unspecified atom stereocenters.